The van der Waals surface area contributed by atoms with Crippen molar-refractivity contribution in [3.63, 3.8) is 0 Å². The molecular weight excluding hydrogens is 741 g/mol. The molecule has 1 aromatic heterocycles. The van der Waals surface area contributed by atoms with E-state index in [4.69, 9.17) is 15.0 Å². The molecule has 284 valence electrons. The van der Waals surface area contributed by atoms with Gasteiger partial charge in [-0.3, -0.25) is 0 Å². The molecule has 0 N–H and O–H groups in total. The second kappa shape index (κ2) is 14.8. The van der Waals surface area contributed by atoms with Crippen molar-refractivity contribution in [3.8, 4) is 73.6 Å². The van der Waals surface area contributed by atoms with Crippen molar-refractivity contribution in [2.45, 2.75) is 5.41 Å². The van der Waals surface area contributed by atoms with Crippen molar-refractivity contribution in [2.75, 3.05) is 0 Å². The summed E-state index contributed by atoms with van der Waals surface area (Å²) in [4.78, 5) is 15.1. The molecule has 9 aromatic carbocycles. The van der Waals surface area contributed by atoms with Gasteiger partial charge in [0.15, 0.2) is 17.5 Å². The number of hydrogen-bond donors (Lipinski definition) is 0. The van der Waals surface area contributed by atoms with Gasteiger partial charge >= 0.3 is 0 Å². The van der Waals surface area contributed by atoms with Gasteiger partial charge in [0.1, 0.15) is 0 Å². The van der Waals surface area contributed by atoms with Gasteiger partial charge in [0.05, 0.1) is 17.0 Å². The maximum Gasteiger partial charge on any atom is 0.164 e. The number of hydrogen-bond acceptors (Lipinski definition) is 4. The van der Waals surface area contributed by atoms with E-state index in [9.17, 15) is 5.26 Å². The molecule has 4 heteroatoms. The number of fused-ring (bicyclic) bond motifs is 4. The van der Waals surface area contributed by atoms with Crippen LogP contribution in [0.1, 0.15) is 27.8 Å². The minimum atomic E-state index is -0.605. The first-order valence-electron chi connectivity index (χ1n) is 20.5. The summed E-state index contributed by atoms with van der Waals surface area (Å²) in [5.41, 5.74) is 14.3. The van der Waals surface area contributed by atoms with Crippen LogP contribution in [0.2, 0.25) is 0 Å². The summed E-state index contributed by atoms with van der Waals surface area (Å²) in [6.45, 7) is 0. The normalized spacial score (nSPS) is 12.4. The van der Waals surface area contributed by atoms with Gasteiger partial charge in [0.2, 0.25) is 0 Å². The molecule has 1 aliphatic rings. The van der Waals surface area contributed by atoms with Gasteiger partial charge in [0.25, 0.3) is 0 Å². The summed E-state index contributed by atoms with van der Waals surface area (Å²) >= 11 is 0. The largest absolute Gasteiger partial charge is 0.208 e. The number of nitriles is 1. The van der Waals surface area contributed by atoms with E-state index in [1.807, 2.05) is 36.4 Å². The lowest BCUT2D eigenvalue weighted by Gasteiger charge is -2.34. The van der Waals surface area contributed by atoms with Crippen LogP contribution in [0.25, 0.3) is 78.3 Å². The molecule has 0 fully saturated rings. The Morgan fingerprint density at radius 3 is 1.51 bits per heavy atom. The molecule has 4 nitrogen and oxygen atoms in total. The van der Waals surface area contributed by atoms with Crippen molar-refractivity contribution in [1.29, 1.82) is 5.26 Å². The maximum absolute atomic E-state index is 10.1. The quantitative estimate of drug-likeness (QED) is 0.162. The summed E-state index contributed by atoms with van der Waals surface area (Å²) in [5.74, 6) is 1.90. The standard InChI is InChI=1S/C57H36N4/c58-37-38-26-32-49-50-33-31-45(36-53(50)57(52(49)34-38,46-20-6-2-7-21-46)47-22-8-3-9-23-47)44-19-12-18-43(35-44)39-27-29-42(30-28-39)55-59-54(41-15-4-1-5-16-41)60-56(61-55)51-25-13-17-40-14-10-11-24-48(40)51/h1-36H. The fourth-order valence-electron chi connectivity index (χ4n) is 9.19. The molecule has 0 atom stereocenters. The summed E-state index contributed by atoms with van der Waals surface area (Å²) in [7, 11) is 0. The Bertz CT molecular complexity index is 3250. The maximum atomic E-state index is 10.1. The fourth-order valence-corrected chi connectivity index (χ4v) is 9.19. The highest BCUT2D eigenvalue weighted by Gasteiger charge is 2.46. The number of benzene rings is 9. The van der Waals surface area contributed by atoms with E-state index in [0.717, 1.165) is 60.8 Å². The van der Waals surface area contributed by atoms with Crippen LogP contribution < -0.4 is 0 Å². The molecule has 10 aromatic rings. The van der Waals surface area contributed by atoms with Crippen LogP contribution in [0.4, 0.5) is 0 Å². The molecule has 0 unspecified atom stereocenters. The lowest BCUT2D eigenvalue weighted by atomic mass is 9.67. The Labute approximate surface area is 354 Å². The van der Waals surface area contributed by atoms with Crippen molar-refractivity contribution in [2.24, 2.45) is 0 Å². The van der Waals surface area contributed by atoms with Gasteiger partial charge in [0, 0.05) is 16.7 Å². The van der Waals surface area contributed by atoms with E-state index in [1.54, 1.807) is 0 Å². The molecule has 11 rings (SSSR count). The number of aromatic nitrogens is 3. The minimum Gasteiger partial charge on any atom is -0.208 e. The van der Waals surface area contributed by atoms with E-state index in [2.05, 4.69) is 188 Å². The fraction of sp³-hybridized carbons (Fsp3) is 0.0175. The highest BCUT2D eigenvalue weighted by Crippen LogP contribution is 2.57. The van der Waals surface area contributed by atoms with E-state index < -0.39 is 5.41 Å². The number of rotatable bonds is 7. The third-order valence-corrected chi connectivity index (χ3v) is 12.1. The van der Waals surface area contributed by atoms with Gasteiger partial charge in [-0.05, 0) is 90.7 Å². The van der Waals surface area contributed by atoms with Crippen LogP contribution in [0.5, 0.6) is 0 Å². The third-order valence-electron chi connectivity index (χ3n) is 12.1. The predicted octanol–water partition coefficient (Wildman–Crippen LogP) is 13.6. The van der Waals surface area contributed by atoms with Crippen molar-refractivity contribution in [1.82, 2.24) is 15.0 Å². The van der Waals surface area contributed by atoms with Crippen LogP contribution in [-0.2, 0) is 5.41 Å². The molecule has 0 amide bonds. The van der Waals surface area contributed by atoms with E-state index in [1.165, 1.54) is 22.3 Å². The topological polar surface area (TPSA) is 62.5 Å². The zero-order chi connectivity index (χ0) is 40.8. The third kappa shape index (κ3) is 6.11. The van der Waals surface area contributed by atoms with Gasteiger partial charge in [-0.2, -0.15) is 5.26 Å². The van der Waals surface area contributed by atoms with Gasteiger partial charge in [-0.25, -0.2) is 15.0 Å². The average Bonchev–Trinajstić information content (AvgIpc) is 3.64. The van der Waals surface area contributed by atoms with E-state index in [-0.39, 0.29) is 0 Å². The summed E-state index contributed by atoms with van der Waals surface area (Å²) in [6, 6.07) is 78.8. The monoisotopic (exact) mass is 776 g/mol. The molecular formula is C57H36N4. The Morgan fingerprint density at radius 2 is 0.820 bits per heavy atom. The zero-order valence-corrected chi connectivity index (χ0v) is 33.1. The smallest absolute Gasteiger partial charge is 0.164 e. The second-order valence-corrected chi connectivity index (χ2v) is 15.5. The first kappa shape index (κ1) is 35.9. The van der Waals surface area contributed by atoms with Gasteiger partial charge in [-0.15, -0.1) is 0 Å². The molecule has 0 spiro atoms. The zero-order valence-electron chi connectivity index (χ0n) is 33.1. The summed E-state index contributed by atoms with van der Waals surface area (Å²) in [6.07, 6.45) is 0. The minimum absolute atomic E-state index is 0.605. The highest BCUT2D eigenvalue weighted by molar-refractivity contribution is 5.95. The van der Waals surface area contributed by atoms with Crippen LogP contribution in [-0.4, -0.2) is 15.0 Å². The van der Waals surface area contributed by atoms with E-state index in [0.29, 0.717) is 23.0 Å². The summed E-state index contributed by atoms with van der Waals surface area (Å²) in [5, 5.41) is 12.3. The van der Waals surface area contributed by atoms with Crippen LogP contribution in [0.3, 0.4) is 0 Å². The second-order valence-electron chi connectivity index (χ2n) is 15.5. The molecule has 0 saturated heterocycles. The van der Waals surface area contributed by atoms with Crippen LogP contribution in [0.15, 0.2) is 218 Å². The SMILES string of the molecule is N#Cc1ccc2c(c1)C(c1ccccc1)(c1ccccc1)c1cc(-c3cccc(-c4ccc(-c5nc(-c6ccccc6)nc(-c6cccc7ccccc67)n5)cc4)c3)ccc1-2. The summed E-state index contributed by atoms with van der Waals surface area (Å²) < 4.78 is 0. The predicted molar refractivity (Wildman–Crippen MR) is 247 cm³/mol. The first-order valence-corrected chi connectivity index (χ1v) is 20.5. The van der Waals surface area contributed by atoms with Crippen LogP contribution >= 0.6 is 0 Å². The van der Waals surface area contributed by atoms with Gasteiger partial charge < -0.3 is 0 Å². The molecule has 0 radical (unpaired) electrons. The Morgan fingerprint density at radius 1 is 0.344 bits per heavy atom. The van der Waals surface area contributed by atoms with E-state index >= 15 is 0 Å². The molecule has 0 saturated carbocycles. The first-order chi connectivity index (χ1) is 30.2. The van der Waals surface area contributed by atoms with Crippen molar-refractivity contribution in [3.05, 3.63) is 246 Å². The Hall–Kier alpha value is -8.26. The molecule has 1 aliphatic carbocycles. The highest BCUT2D eigenvalue weighted by atomic mass is 15.0. The van der Waals surface area contributed by atoms with Crippen LogP contribution in [0, 0.1) is 11.3 Å². The lowest BCUT2D eigenvalue weighted by molar-refractivity contribution is 0.768. The Balaban J connectivity index is 0.993. The van der Waals surface area contributed by atoms with Gasteiger partial charge in [-0.1, -0.05) is 194 Å². The Kier molecular flexibility index (Phi) is 8.73. The average molecular weight is 777 g/mol. The lowest BCUT2D eigenvalue weighted by Crippen LogP contribution is -2.28. The molecule has 61 heavy (non-hydrogen) atoms. The van der Waals surface area contributed by atoms with Crippen molar-refractivity contribution < 1.29 is 0 Å². The van der Waals surface area contributed by atoms with Crippen molar-refractivity contribution >= 4 is 10.8 Å². The number of nitrogens with zero attached hydrogens (tertiary/aromatic N) is 4. The molecule has 0 bridgehead atoms. The molecule has 1 heterocycles. The molecule has 0 aliphatic heterocycles.